The summed E-state index contributed by atoms with van der Waals surface area (Å²) in [6.07, 6.45) is 2.87. The highest BCUT2D eigenvalue weighted by Crippen LogP contribution is 2.27. The molecule has 2 N–H and O–H groups in total. The lowest BCUT2D eigenvalue weighted by molar-refractivity contribution is 0.242. The second kappa shape index (κ2) is 9.70. The molecule has 7 heteroatoms. The van der Waals surface area contributed by atoms with Crippen LogP contribution in [0, 0.1) is 0 Å². The van der Waals surface area contributed by atoms with Gasteiger partial charge in [-0.3, -0.25) is 4.79 Å². The van der Waals surface area contributed by atoms with Crippen molar-refractivity contribution < 1.29 is 13.6 Å². The van der Waals surface area contributed by atoms with E-state index in [-0.39, 0.29) is 10.5 Å². The van der Waals surface area contributed by atoms with Crippen LogP contribution in [0.25, 0.3) is 21.9 Å². The summed E-state index contributed by atoms with van der Waals surface area (Å²) < 4.78 is 26.2. The van der Waals surface area contributed by atoms with Gasteiger partial charge in [-0.15, -0.1) is 0 Å². The average molecular weight is 463 g/mol. The number of rotatable bonds is 8. The molecule has 0 saturated heterocycles. The van der Waals surface area contributed by atoms with Gasteiger partial charge in [-0.25, -0.2) is 8.42 Å². The summed E-state index contributed by atoms with van der Waals surface area (Å²) >= 11 is 0. The van der Waals surface area contributed by atoms with E-state index in [4.69, 9.17) is 5.21 Å². The second-order valence-electron chi connectivity index (χ2n) is 8.01. The molecular weight excluding hydrogens is 436 g/mol. The first kappa shape index (κ1) is 22.9. The molecule has 0 aliphatic heterocycles. The van der Waals surface area contributed by atoms with Gasteiger partial charge in [-0.05, 0) is 47.6 Å². The van der Waals surface area contributed by atoms with E-state index in [0.29, 0.717) is 23.1 Å². The molecule has 0 unspecified atom stereocenters. The fraction of sp³-hybridized carbons (Fsp3) is 0.192. The fourth-order valence-electron chi connectivity index (χ4n) is 4.05. The monoisotopic (exact) mass is 462 g/mol. The van der Waals surface area contributed by atoms with Crippen LogP contribution in [0.5, 0.6) is 0 Å². The number of aromatic nitrogens is 1. The lowest BCUT2D eigenvalue weighted by Gasteiger charge is -2.15. The van der Waals surface area contributed by atoms with Gasteiger partial charge in [-0.1, -0.05) is 78.9 Å². The molecular formula is C26H26N2O4S. The summed E-state index contributed by atoms with van der Waals surface area (Å²) in [7, 11) is -4.02. The molecule has 4 rings (SSSR count). The third-order valence-corrected chi connectivity index (χ3v) is 6.97. The molecule has 0 spiro atoms. The molecule has 0 radical (unpaired) electrons. The fourth-order valence-corrected chi connectivity index (χ4v) is 4.88. The number of fused-ring (bicyclic) bond motifs is 1. The Bertz CT molecular complexity index is 1440. The minimum absolute atomic E-state index is 0.00580. The minimum Gasteiger partial charge on any atom is -0.308 e. The smallest absolute Gasteiger partial charge is 0.262 e. The summed E-state index contributed by atoms with van der Waals surface area (Å²) in [5.74, 6) is 0. The molecule has 0 bridgehead atoms. The lowest BCUT2D eigenvalue weighted by atomic mass is 10.0. The predicted octanol–water partition coefficient (Wildman–Crippen LogP) is 4.73. The Morgan fingerprint density at radius 3 is 2.36 bits per heavy atom. The van der Waals surface area contributed by atoms with Crippen molar-refractivity contribution in [2.75, 3.05) is 0 Å². The molecule has 0 aliphatic rings. The third kappa shape index (κ3) is 4.75. The maximum Gasteiger partial charge on any atom is 0.262 e. The number of nitrogens with one attached hydrogen (secondary N) is 1. The molecule has 3 aromatic carbocycles. The van der Waals surface area contributed by atoms with Crippen LogP contribution in [0.15, 0.2) is 88.6 Å². The lowest BCUT2D eigenvalue weighted by Crippen LogP contribution is -2.24. The Morgan fingerprint density at radius 2 is 1.64 bits per heavy atom. The topological polar surface area (TPSA) is 88.4 Å². The highest BCUT2D eigenvalue weighted by molar-refractivity contribution is 7.89. The van der Waals surface area contributed by atoms with E-state index in [0.717, 1.165) is 35.9 Å². The molecule has 1 heterocycles. The Hall–Kier alpha value is -3.26. The van der Waals surface area contributed by atoms with Gasteiger partial charge >= 0.3 is 0 Å². The molecule has 4 aromatic rings. The van der Waals surface area contributed by atoms with Crippen molar-refractivity contribution in [1.82, 2.24) is 9.45 Å². The van der Waals surface area contributed by atoms with E-state index in [2.05, 4.69) is 13.0 Å². The number of hydrogen-bond donors (Lipinski definition) is 2. The first-order chi connectivity index (χ1) is 15.9. The van der Waals surface area contributed by atoms with E-state index in [1.54, 1.807) is 18.2 Å². The molecule has 170 valence electrons. The van der Waals surface area contributed by atoms with Gasteiger partial charge in [0, 0.05) is 16.6 Å². The van der Waals surface area contributed by atoms with Crippen LogP contribution < -0.4 is 10.4 Å². The molecule has 1 aromatic heterocycles. The van der Waals surface area contributed by atoms with E-state index >= 15 is 0 Å². The molecule has 0 aliphatic carbocycles. The Morgan fingerprint density at radius 1 is 0.939 bits per heavy atom. The van der Waals surface area contributed by atoms with Crippen LogP contribution in [0.3, 0.4) is 0 Å². The van der Waals surface area contributed by atoms with Crippen LogP contribution in [-0.2, 0) is 23.0 Å². The maximum atomic E-state index is 13.3. The van der Waals surface area contributed by atoms with Gasteiger partial charge < -0.3 is 9.77 Å². The minimum atomic E-state index is -4.02. The predicted molar refractivity (Wildman–Crippen MR) is 130 cm³/mol. The standard InChI is InChI=1S/C26H26N2O4S/c1-2-3-9-22-17-21-8-4-5-11-24(21)26(29)28(22)18-19-13-15-20(16-14-19)23-10-6-7-12-25(23)33(31,32)27-30/h4-8,10-17,27,30H,2-3,9,18H2,1H3. The highest BCUT2D eigenvalue weighted by atomic mass is 32.2. The van der Waals surface area contributed by atoms with Crippen LogP contribution >= 0.6 is 0 Å². The third-order valence-electron chi connectivity index (χ3n) is 5.79. The van der Waals surface area contributed by atoms with Crippen LogP contribution in [0.2, 0.25) is 0 Å². The molecule has 6 nitrogen and oxygen atoms in total. The first-order valence-corrected chi connectivity index (χ1v) is 12.4. The Kier molecular flexibility index (Phi) is 6.74. The van der Waals surface area contributed by atoms with Crippen molar-refractivity contribution in [2.24, 2.45) is 0 Å². The van der Waals surface area contributed by atoms with E-state index in [1.165, 1.54) is 11.0 Å². The van der Waals surface area contributed by atoms with E-state index in [1.807, 2.05) is 53.1 Å². The van der Waals surface area contributed by atoms with Crippen molar-refractivity contribution in [3.05, 3.63) is 100 Å². The van der Waals surface area contributed by atoms with Crippen molar-refractivity contribution in [1.29, 1.82) is 0 Å². The largest absolute Gasteiger partial charge is 0.308 e. The van der Waals surface area contributed by atoms with Gasteiger partial charge in [0.15, 0.2) is 0 Å². The van der Waals surface area contributed by atoms with Crippen molar-refractivity contribution in [2.45, 2.75) is 37.6 Å². The van der Waals surface area contributed by atoms with Crippen LogP contribution in [-0.4, -0.2) is 18.2 Å². The number of aryl methyl sites for hydroxylation is 1. The normalized spacial score (nSPS) is 11.7. The van der Waals surface area contributed by atoms with Gasteiger partial charge in [0.25, 0.3) is 15.6 Å². The molecule has 0 amide bonds. The molecule has 33 heavy (non-hydrogen) atoms. The Labute approximate surface area is 193 Å². The Balaban J connectivity index is 1.71. The van der Waals surface area contributed by atoms with Crippen LogP contribution in [0.4, 0.5) is 0 Å². The molecule has 0 saturated carbocycles. The summed E-state index contributed by atoms with van der Waals surface area (Å²) in [4.78, 5) is 14.6. The van der Waals surface area contributed by atoms with Crippen molar-refractivity contribution >= 4 is 20.8 Å². The molecule has 0 fully saturated rings. The maximum absolute atomic E-state index is 13.3. The summed E-state index contributed by atoms with van der Waals surface area (Å²) in [5, 5.41) is 10.7. The van der Waals surface area contributed by atoms with Crippen LogP contribution in [0.1, 0.15) is 31.0 Å². The summed E-state index contributed by atoms with van der Waals surface area (Å²) in [5.41, 5.74) is 3.13. The summed E-state index contributed by atoms with van der Waals surface area (Å²) in [6.45, 7) is 2.56. The number of nitrogens with zero attached hydrogens (tertiary/aromatic N) is 1. The average Bonchev–Trinajstić information content (AvgIpc) is 2.85. The quantitative estimate of drug-likeness (QED) is 0.371. The summed E-state index contributed by atoms with van der Waals surface area (Å²) in [6, 6.07) is 23.7. The SMILES string of the molecule is CCCCc1cc2ccccc2c(=O)n1Cc1ccc(-c2ccccc2S(=O)(=O)NO)cc1. The van der Waals surface area contributed by atoms with Gasteiger partial charge in [-0.2, -0.15) is 0 Å². The number of hydrogen-bond acceptors (Lipinski definition) is 4. The zero-order valence-electron chi connectivity index (χ0n) is 18.4. The van der Waals surface area contributed by atoms with Gasteiger partial charge in [0.2, 0.25) is 0 Å². The van der Waals surface area contributed by atoms with E-state index < -0.39 is 10.0 Å². The second-order valence-corrected chi connectivity index (χ2v) is 9.63. The van der Waals surface area contributed by atoms with E-state index in [9.17, 15) is 13.2 Å². The highest BCUT2D eigenvalue weighted by Gasteiger charge is 2.18. The first-order valence-electron chi connectivity index (χ1n) is 10.9. The number of pyridine rings is 1. The van der Waals surface area contributed by atoms with Gasteiger partial charge in [0.1, 0.15) is 0 Å². The zero-order valence-corrected chi connectivity index (χ0v) is 19.2. The molecule has 0 atom stereocenters. The number of sulfonamides is 1. The van der Waals surface area contributed by atoms with Crippen molar-refractivity contribution in [3.63, 3.8) is 0 Å². The van der Waals surface area contributed by atoms with Gasteiger partial charge in [0.05, 0.1) is 11.4 Å². The van der Waals surface area contributed by atoms with Crippen molar-refractivity contribution in [3.8, 4) is 11.1 Å². The zero-order chi connectivity index (χ0) is 23.4. The number of benzene rings is 3. The number of unbranched alkanes of at least 4 members (excludes halogenated alkanes) is 1.